The SMILES string of the molecule is CCc1nnc([C@@H]2C(=N)S/C(=C\c3ccccc3O)C2=O)s1. The number of nitrogens with one attached hydrogen (secondary N) is 1. The van der Waals surface area contributed by atoms with Gasteiger partial charge in [-0.25, -0.2) is 0 Å². The largest absolute Gasteiger partial charge is 0.507 e. The van der Waals surface area contributed by atoms with Gasteiger partial charge in [0.1, 0.15) is 21.7 Å². The van der Waals surface area contributed by atoms with Gasteiger partial charge in [0.05, 0.1) is 9.95 Å². The second-order valence-corrected chi connectivity index (χ2v) is 6.90. The monoisotopic (exact) mass is 331 g/mol. The quantitative estimate of drug-likeness (QED) is 0.843. The van der Waals surface area contributed by atoms with E-state index in [0.717, 1.165) is 23.2 Å². The number of para-hydroxylation sites is 1. The van der Waals surface area contributed by atoms with Crippen molar-refractivity contribution in [3.63, 3.8) is 0 Å². The van der Waals surface area contributed by atoms with Crippen LogP contribution < -0.4 is 0 Å². The summed E-state index contributed by atoms with van der Waals surface area (Å²) < 4.78 is 0. The van der Waals surface area contributed by atoms with Crippen LogP contribution in [0.3, 0.4) is 0 Å². The molecule has 7 heteroatoms. The number of rotatable bonds is 3. The molecule has 2 heterocycles. The fraction of sp³-hybridized carbons (Fsp3) is 0.200. The number of ketones is 1. The van der Waals surface area contributed by atoms with Crippen LogP contribution in [0, 0.1) is 5.41 Å². The van der Waals surface area contributed by atoms with Crippen molar-refractivity contribution in [3.05, 3.63) is 44.7 Å². The number of allylic oxidation sites excluding steroid dienone is 1. The maximum Gasteiger partial charge on any atom is 0.186 e. The van der Waals surface area contributed by atoms with Gasteiger partial charge in [-0.1, -0.05) is 36.9 Å². The molecule has 1 aromatic heterocycles. The first kappa shape index (κ1) is 14.9. The van der Waals surface area contributed by atoms with Crippen molar-refractivity contribution in [3.8, 4) is 5.75 Å². The number of aromatic hydroxyl groups is 1. The van der Waals surface area contributed by atoms with Crippen LogP contribution in [-0.2, 0) is 11.2 Å². The average molecular weight is 331 g/mol. The first-order chi connectivity index (χ1) is 10.6. The molecule has 0 bridgehead atoms. The highest BCUT2D eigenvalue weighted by atomic mass is 32.2. The number of aromatic nitrogens is 2. The highest BCUT2D eigenvalue weighted by molar-refractivity contribution is 8.19. The number of hydrogen-bond acceptors (Lipinski definition) is 7. The average Bonchev–Trinajstić information content (AvgIpc) is 3.07. The lowest BCUT2D eigenvalue weighted by Crippen LogP contribution is -2.11. The summed E-state index contributed by atoms with van der Waals surface area (Å²) in [6.07, 6.45) is 2.39. The Balaban J connectivity index is 1.93. The Bertz CT molecular complexity index is 783. The Hall–Kier alpha value is -1.99. The maximum atomic E-state index is 12.6. The molecule has 2 aromatic rings. The molecule has 1 aliphatic rings. The van der Waals surface area contributed by atoms with Crippen molar-refractivity contribution in [2.24, 2.45) is 0 Å². The molecule has 1 saturated heterocycles. The lowest BCUT2D eigenvalue weighted by molar-refractivity contribution is -0.114. The van der Waals surface area contributed by atoms with E-state index >= 15 is 0 Å². The van der Waals surface area contributed by atoms with Crippen molar-refractivity contribution in [1.82, 2.24) is 10.2 Å². The summed E-state index contributed by atoms with van der Waals surface area (Å²) in [4.78, 5) is 13.0. The van der Waals surface area contributed by atoms with Crippen molar-refractivity contribution in [2.75, 3.05) is 0 Å². The zero-order valence-electron chi connectivity index (χ0n) is 11.7. The summed E-state index contributed by atoms with van der Waals surface area (Å²) in [7, 11) is 0. The normalized spacial score (nSPS) is 20.0. The minimum Gasteiger partial charge on any atom is -0.507 e. The fourth-order valence-corrected chi connectivity index (χ4v) is 4.03. The molecule has 1 atom stereocenters. The van der Waals surface area contributed by atoms with E-state index in [0.29, 0.717) is 15.5 Å². The lowest BCUT2D eigenvalue weighted by Gasteiger charge is -2.01. The molecule has 0 unspecified atom stereocenters. The van der Waals surface area contributed by atoms with Crippen LogP contribution >= 0.6 is 23.1 Å². The van der Waals surface area contributed by atoms with E-state index in [2.05, 4.69) is 10.2 Å². The number of phenols is 1. The maximum absolute atomic E-state index is 12.6. The van der Waals surface area contributed by atoms with Crippen LogP contribution in [0.5, 0.6) is 5.75 Å². The summed E-state index contributed by atoms with van der Waals surface area (Å²) in [5.41, 5.74) is 0.568. The molecule has 112 valence electrons. The van der Waals surface area contributed by atoms with Crippen molar-refractivity contribution in [2.45, 2.75) is 19.3 Å². The van der Waals surface area contributed by atoms with Crippen LogP contribution in [-0.4, -0.2) is 26.1 Å². The number of Topliss-reactive ketones (excluding diaryl/α,β-unsaturated/α-hetero) is 1. The van der Waals surface area contributed by atoms with Gasteiger partial charge in [-0.2, -0.15) is 0 Å². The molecule has 0 spiro atoms. The topological polar surface area (TPSA) is 86.9 Å². The molecule has 3 rings (SSSR count). The van der Waals surface area contributed by atoms with Gasteiger partial charge in [0.25, 0.3) is 0 Å². The predicted octanol–water partition coefficient (Wildman–Crippen LogP) is 3.22. The fourth-order valence-electron chi connectivity index (χ4n) is 2.09. The van der Waals surface area contributed by atoms with Crippen LogP contribution in [0.4, 0.5) is 0 Å². The third-order valence-electron chi connectivity index (χ3n) is 3.24. The van der Waals surface area contributed by atoms with Crippen molar-refractivity contribution in [1.29, 1.82) is 5.41 Å². The van der Waals surface area contributed by atoms with E-state index in [9.17, 15) is 9.90 Å². The van der Waals surface area contributed by atoms with Gasteiger partial charge in [0.2, 0.25) is 0 Å². The molecule has 1 aromatic carbocycles. The number of carbonyl (C=O) groups is 1. The first-order valence-corrected chi connectivity index (χ1v) is 8.36. The minimum atomic E-state index is -0.653. The van der Waals surface area contributed by atoms with E-state index in [4.69, 9.17) is 5.41 Å². The molecular weight excluding hydrogens is 318 g/mol. The number of carbonyl (C=O) groups excluding carboxylic acids is 1. The van der Waals surface area contributed by atoms with E-state index in [-0.39, 0.29) is 16.6 Å². The van der Waals surface area contributed by atoms with Crippen molar-refractivity contribution >= 4 is 40.0 Å². The highest BCUT2D eigenvalue weighted by Crippen LogP contribution is 2.41. The Kier molecular flexibility index (Phi) is 4.08. The van der Waals surface area contributed by atoms with E-state index in [1.165, 1.54) is 11.3 Å². The number of benzene rings is 1. The van der Waals surface area contributed by atoms with Gasteiger partial charge in [0, 0.05) is 5.56 Å². The molecule has 1 aliphatic heterocycles. The highest BCUT2D eigenvalue weighted by Gasteiger charge is 2.39. The predicted molar refractivity (Wildman–Crippen MR) is 88.4 cm³/mol. The number of hydrogen-bond donors (Lipinski definition) is 2. The second-order valence-electron chi connectivity index (χ2n) is 4.72. The zero-order valence-corrected chi connectivity index (χ0v) is 13.4. The van der Waals surface area contributed by atoms with Crippen LogP contribution in [0.2, 0.25) is 0 Å². The van der Waals surface area contributed by atoms with Gasteiger partial charge < -0.3 is 5.11 Å². The smallest absolute Gasteiger partial charge is 0.186 e. The van der Waals surface area contributed by atoms with Crippen LogP contribution in [0.25, 0.3) is 6.08 Å². The number of phenolic OH excluding ortho intramolecular Hbond substituents is 1. The molecule has 2 N–H and O–H groups in total. The molecule has 0 aliphatic carbocycles. The Morgan fingerprint density at radius 2 is 2.14 bits per heavy atom. The number of nitrogens with zero attached hydrogens (tertiary/aromatic N) is 2. The van der Waals surface area contributed by atoms with Crippen LogP contribution in [0.15, 0.2) is 29.2 Å². The first-order valence-electron chi connectivity index (χ1n) is 6.72. The van der Waals surface area contributed by atoms with Gasteiger partial charge in [-0.3, -0.25) is 10.2 Å². The third-order valence-corrected chi connectivity index (χ3v) is 5.37. The zero-order chi connectivity index (χ0) is 15.7. The summed E-state index contributed by atoms with van der Waals surface area (Å²) in [6, 6.07) is 6.81. The van der Waals surface area contributed by atoms with Crippen molar-refractivity contribution < 1.29 is 9.90 Å². The van der Waals surface area contributed by atoms with E-state index in [1.807, 2.05) is 6.92 Å². The molecule has 1 fully saturated rings. The third kappa shape index (κ3) is 2.69. The van der Waals surface area contributed by atoms with Gasteiger partial charge in [-0.15, -0.1) is 21.5 Å². The number of thioether (sulfide) groups is 1. The molecule has 0 amide bonds. The van der Waals surface area contributed by atoms with E-state index < -0.39 is 5.92 Å². The molecule has 0 saturated carbocycles. The van der Waals surface area contributed by atoms with Gasteiger partial charge in [0.15, 0.2) is 5.78 Å². The lowest BCUT2D eigenvalue weighted by atomic mass is 10.0. The summed E-state index contributed by atoms with van der Waals surface area (Å²) in [5, 5.41) is 27.6. The van der Waals surface area contributed by atoms with Gasteiger partial charge in [-0.05, 0) is 18.6 Å². The summed E-state index contributed by atoms with van der Waals surface area (Å²) in [5.74, 6) is -0.695. The van der Waals surface area contributed by atoms with E-state index in [1.54, 1.807) is 30.3 Å². The number of aryl methyl sites for hydroxylation is 1. The Morgan fingerprint density at radius 1 is 1.36 bits per heavy atom. The summed E-state index contributed by atoms with van der Waals surface area (Å²) in [6.45, 7) is 1.98. The van der Waals surface area contributed by atoms with Crippen LogP contribution in [0.1, 0.15) is 28.4 Å². The molecule has 0 radical (unpaired) electrons. The molecule has 22 heavy (non-hydrogen) atoms. The second kappa shape index (κ2) is 6.02. The summed E-state index contributed by atoms with van der Waals surface area (Å²) >= 11 is 2.49. The minimum absolute atomic E-state index is 0.113. The van der Waals surface area contributed by atoms with Gasteiger partial charge >= 0.3 is 0 Å². The Morgan fingerprint density at radius 3 is 2.82 bits per heavy atom. The Labute approximate surface area is 135 Å². The standard InChI is InChI=1S/C15H13N3O2S2/c1-2-11-17-18-15(22-11)12-13(20)10(21-14(12)16)7-8-5-3-4-6-9(8)19/h3-7,12,16,19H,2H2,1H3/b10-7-,16-14?/t12-/m0/s1. The molecular formula is C15H13N3O2S2. The molecule has 5 nitrogen and oxygen atoms in total.